The van der Waals surface area contributed by atoms with Crippen molar-refractivity contribution in [1.82, 2.24) is 9.97 Å². The largest absolute Gasteiger partial charge is 0.342 e. The number of halogens is 1. The van der Waals surface area contributed by atoms with Crippen molar-refractivity contribution in [2.75, 3.05) is 0 Å². The van der Waals surface area contributed by atoms with Gasteiger partial charge in [0.25, 0.3) is 0 Å². The number of imidazole rings is 1. The number of fused-ring (bicyclic) bond motifs is 1. The monoisotopic (exact) mass is 208 g/mol. The lowest BCUT2D eigenvalue weighted by atomic mass is 10.2. The van der Waals surface area contributed by atoms with Crippen LogP contribution in [0.1, 0.15) is 31.2 Å². The summed E-state index contributed by atoms with van der Waals surface area (Å²) >= 11 is 5.76. The summed E-state index contributed by atoms with van der Waals surface area (Å²) in [5.74, 6) is 2.01. The Kier molecular flexibility index (Phi) is 2.46. The Morgan fingerprint density at radius 1 is 1.43 bits per heavy atom. The number of hydrogen-bond donors (Lipinski definition) is 1. The number of nitrogens with one attached hydrogen (secondary N) is 1. The van der Waals surface area contributed by atoms with Crippen molar-refractivity contribution >= 4 is 22.6 Å². The number of rotatable bonds is 2. The Labute approximate surface area is 88.3 Å². The van der Waals surface area contributed by atoms with Crippen molar-refractivity contribution in [3.8, 4) is 0 Å². The fourth-order valence-electron chi connectivity index (χ4n) is 1.43. The van der Waals surface area contributed by atoms with Crippen molar-refractivity contribution in [1.29, 1.82) is 0 Å². The van der Waals surface area contributed by atoms with Crippen LogP contribution in [-0.2, 0) is 5.88 Å². The smallest absolute Gasteiger partial charge is 0.109 e. The van der Waals surface area contributed by atoms with Gasteiger partial charge in [0.2, 0.25) is 0 Å². The van der Waals surface area contributed by atoms with Gasteiger partial charge in [-0.3, -0.25) is 0 Å². The van der Waals surface area contributed by atoms with Gasteiger partial charge in [0.1, 0.15) is 5.82 Å². The lowest BCUT2D eigenvalue weighted by Crippen LogP contribution is -1.88. The molecule has 0 aliphatic carbocycles. The number of alkyl halides is 1. The topological polar surface area (TPSA) is 28.7 Å². The van der Waals surface area contributed by atoms with Crippen LogP contribution >= 0.6 is 11.6 Å². The van der Waals surface area contributed by atoms with Gasteiger partial charge in [-0.1, -0.05) is 19.9 Å². The Morgan fingerprint density at radius 3 is 2.86 bits per heavy atom. The molecule has 3 heteroatoms. The molecule has 2 rings (SSSR count). The minimum Gasteiger partial charge on any atom is -0.342 e. The highest BCUT2D eigenvalue weighted by Crippen LogP contribution is 2.18. The first-order valence-corrected chi connectivity index (χ1v) is 5.28. The van der Waals surface area contributed by atoms with E-state index >= 15 is 0 Å². The summed E-state index contributed by atoms with van der Waals surface area (Å²) < 4.78 is 0. The first kappa shape index (κ1) is 9.53. The van der Waals surface area contributed by atoms with Crippen molar-refractivity contribution in [3.05, 3.63) is 29.6 Å². The summed E-state index contributed by atoms with van der Waals surface area (Å²) in [5.41, 5.74) is 3.22. The first-order valence-electron chi connectivity index (χ1n) is 4.75. The van der Waals surface area contributed by atoms with Crippen molar-refractivity contribution in [2.45, 2.75) is 25.6 Å². The number of H-pyrrole nitrogens is 1. The average Bonchev–Trinajstić information content (AvgIpc) is 2.59. The van der Waals surface area contributed by atoms with E-state index in [0.29, 0.717) is 11.8 Å². The quantitative estimate of drug-likeness (QED) is 0.753. The van der Waals surface area contributed by atoms with Gasteiger partial charge in [-0.2, -0.15) is 0 Å². The van der Waals surface area contributed by atoms with E-state index in [1.165, 1.54) is 0 Å². The zero-order valence-electron chi connectivity index (χ0n) is 8.34. The molecular formula is C11H13ClN2. The van der Waals surface area contributed by atoms with Crippen LogP contribution < -0.4 is 0 Å². The van der Waals surface area contributed by atoms with Crippen LogP contribution in [0.5, 0.6) is 0 Å². The molecule has 0 atom stereocenters. The molecule has 0 unspecified atom stereocenters. The lowest BCUT2D eigenvalue weighted by Gasteiger charge is -1.95. The molecule has 0 aliphatic rings. The zero-order chi connectivity index (χ0) is 10.1. The van der Waals surface area contributed by atoms with Gasteiger partial charge in [0.05, 0.1) is 11.0 Å². The third-order valence-electron chi connectivity index (χ3n) is 2.27. The van der Waals surface area contributed by atoms with E-state index in [2.05, 4.69) is 29.9 Å². The molecule has 1 N–H and O–H groups in total. The minimum absolute atomic E-state index is 0.432. The van der Waals surface area contributed by atoms with Crippen LogP contribution in [-0.4, -0.2) is 9.97 Å². The molecule has 0 fully saturated rings. The van der Waals surface area contributed by atoms with Crippen LogP contribution in [0.4, 0.5) is 0 Å². The molecule has 0 bridgehead atoms. The van der Waals surface area contributed by atoms with Crippen LogP contribution in [0.2, 0.25) is 0 Å². The molecule has 0 radical (unpaired) electrons. The summed E-state index contributed by atoms with van der Waals surface area (Å²) in [7, 11) is 0. The molecule has 1 aromatic heterocycles. The zero-order valence-corrected chi connectivity index (χ0v) is 9.10. The number of aromatic nitrogens is 2. The highest BCUT2D eigenvalue weighted by atomic mass is 35.5. The molecule has 2 aromatic rings. The molecular weight excluding hydrogens is 196 g/mol. The van der Waals surface area contributed by atoms with E-state index in [9.17, 15) is 0 Å². The molecule has 2 nitrogen and oxygen atoms in total. The maximum atomic E-state index is 5.76. The second-order valence-electron chi connectivity index (χ2n) is 3.76. The molecule has 0 spiro atoms. The molecule has 0 saturated heterocycles. The summed E-state index contributed by atoms with van der Waals surface area (Å²) in [4.78, 5) is 7.79. The first-order chi connectivity index (χ1) is 6.70. The summed E-state index contributed by atoms with van der Waals surface area (Å²) in [6.45, 7) is 4.25. The third kappa shape index (κ3) is 1.62. The van der Waals surface area contributed by atoms with E-state index in [1.807, 2.05) is 12.1 Å². The van der Waals surface area contributed by atoms with Crippen molar-refractivity contribution in [3.63, 3.8) is 0 Å². The van der Waals surface area contributed by atoms with Crippen LogP contribution in [0.15, 0.2) is 18.2 Å². The standard InChI is InChI=1S/C11H13ClN2/c1-7(2)11-13-9-4-3-8(6-12)5-10(9)14-11/h3-5,7H,6H2,1-2H3,(H,13,14). The van der Waals surface area contributed by atoms with E-state index in [1.54, 1.807) is 0 Å². The maximum Gasteiger partial charge on any atom is 0.109 e. The predicted octanol–water partition coefficient (Wildman–Crippen LogP) is 3.43. The SMILES string of the molecule is CC(C)c1nc2ccc(CCl)cc2[nH]1. The maximum absolute atomic E-state index is 5.76. The second-order valence-corrected chi connectivity index (χ2v) is 4.03. The number of aromatic amines is 1. The Bertz CT molecular complexity index is 445. The van der Waals surface area contributed by atoms with Crippen molar-refractivity contribution < 1.29 is 0 Å². The fraction of sp³-hybridized carbons (Fsp3) is 0.364. The van der Waals surface area contributed by atoms with Gasteiger partial charge in [-0.25, -0.2) is 4.98 Å². The number of nitrogens with zero attached hydrogens (tertiary/aromatic N) is 1. The van der Waals surface area contributed by atoms with Gasteiger partial charge < -0.3 is 4.98 Å². The van der Waals surface area contributed by atoms with Crippen LogP contribution in [0.3, 0.4) is 0 Å². The minimum atomic E-state index is 0.432. The average molecular weight is 209 g/mol. The van der Waals surface area contributed by atoms with Gasteiger partial charge >= 0.3 is 0 Å². The second kappa shape index (κ2) is 3.62. The molecule has 0 aliphatic heterocycles. The Morgan fingerprint density at radius 2 is 2.21 bits per heavy atom. The molecule has 0 saturated carbocycles. The molecule has 0 amide bonds. The fourth-order valence-corrected chi connectivity index (χ4v) is 1.60. The Balaban J connectivity index is 2.54. The molecule has 1 heterocycles. The molecule has 74 valence electrons. The summed E-state index contributed by atoms with van der Waals surface area (Å²) in [6.07, 6.45) is 0. The van der Waals surface area contributed by atoms with Gasteiger partial charge in [-0.15, -0.1) is 11.6 Å². The predicted molar refractivity (Wildman–Crippen MR) is 59.7 cm³/mol. The van der Waals surface area contributed by atoms with E-state index in [0.717, 1.165) is 22.4 Å². The summed E-state index contributed by atoms with van der Waals surface area (Å²) in [5, 5.41) is 0. The van der Waals surface area contributed by atoms with E-state index in [-0.39, 0.29) is 0 Å². The van der Waals surface area contributed by atoms with Gasteiger partial charge in [0.15, 0.2) is 0 Å². The van der Waals surface area contributed by atoms with Gasteiger partial charge in [-0.05, 0) is 17.7 Å². The van der Waals surface area contributed by atoms with Crippen LogP contribution in [0, 0.1) is 0 Å². The van der Waals surface area contributed by atoms with E-state index in [4.69, 9.17) is 11.6 Å². The number of benzene rings is 1. The third-order valence-corrected chi connectivity index (χ3v) is 2.57. The lowest BCUT2D eigenvalue weighted by molar-refractivity contribution is 0.799. The number of hydrogen-bond acceptors (Lipinski definition) is 1. The van der Waals surface area contributed by atoms with Crippen LogP contribution in [0.25, 0.3) is 11.0 Å². The van der Waals surface area contributed by atoms with Gasteiger partial charge in [0, 0.05) is 11.8 Å². The van der Waals surface area contributed by atoms with E-state index < -0.39 is 0 Å². The van der Waals surface area contributed by atoms with Crippen molar-refractivity contribution in [2.24, 2.45) is 0 Å². The Hall–Kier alpha value is -1.02. The highest BCUT2D eigenvalue weighted by molar-refractivity contribution is 6.17. The summed E-state index contributed by atoms with van der Waals surface area (Å²) in [6, 6.07) is 6.08. The molecule has 14 heavy (non-hydrogen) atoms. The molecule has 1 aromatic carbocycles. The normalized spacial score (nSPS) is 11.4. The highest BCUT2D eigenvalue weighted by Gasteiger charge is 2.06.